The minimum absolute atomic E-state index is 0.00681. The zero-order chi connectivity index (χ0) is 21.2. The van der Waals surface area contributed by atoms with Gasteiger partial charge >= 0.3 is 0 Å². The molecule has 1 aromatic carbocycles. The van der Waals surface area contributed by atoms with Crippen molar-refractivity contribution in [1.82, 2.24) is 14.9 Å². The molecule has 0 aliphatic carbocycles. The molecule has 9 heteroatoms. The predicted molar refractivity (Wildman–Crippen MR) is 113 cm³/mol. The number of amides is 2. The molecule has 29 heavy (non-hydrogen) atoms. The van der Waals surface area contributed by atoms with E-state index in [-0.39, 0.29) is 11.4 Å². The summed E-state index contributed by atoms with van der Waals surface area (Å²) < 4.78 is 18.5. The third-order valence-electron chi connectivity index (χ3n) is 4.06. The molecule has 3 aromatic rings. The van der Waals surface area contributed by atoms with Gasteiger partial charge in [-0.05, 0) is 68.4 Å². The first-order valence-corrected chi connectivity index (χ1v) is 10.6. The molecule has 2 aromatic heterocycles. The lowest BCUT2D eigenvalue weighted by Crippen LogP contribution is -2.49. The van der Waals surface area contributed by atoms with Crippen LogP contribution >= 0.6 is 22.9 Å². The van der Waals surface area contributed by atoms with Crippen molar-refractivity contribution in [2.45, 2.75) is 39.3 Å². The fourth-order valence-electron chi connectivity index (χ4n) is 2.85. The number of carbonyl (C=O) groups is 2. The molecule has 0 spiro atoms. The molecule has 3 rings (SSSR count). The molecule has 152 valence electrons. The van der Waals surface area contributed by atoms with Gasteiger partial charge in [0, 0.05) is 15.8 Å². The zero-order valence-corrected chi connectivity index (χ0v) is 18.1. The van der Waals surface area contributed by atoms with Gasteiger partial charge in [-0.3, -0.25) is 14.5 Å². The average molecular weight is 433 g/mol. The van der Waals surface area contributed by atoms with E-state index in [9.17, 15) is 14.0 Å². The minimum Gasteiger partial charge on any atom is -0.349 e. The maximum Gasteiger partial charge on any atom is 0.280 e. The molecule has 1 unspecified atom stereocenters. The van der Waals surface area contributed by atoms with Crippen LogP contribution in [0, 0.1) is 12.7 Å². The van der Waals surface area contributed by atoms with Crippen LogP contribution < -0.4 is 10.2 Å². The number of nitrogens with one attached hydrogen (secondary N) is 1. The molecule has 0 saturated heterocycles. The Morgan fingerprint density at radius 2 is 1.93 bits per heavy atom. The summed E-state index contributed by atoms with van der Waals surface area (Å²) in [4.78, 5) is 28.6. The molecule has 1 N–H and O–H groups in total. The SMILES string of the molecule is Cc1ccsc1C(C(=O)NC(C)(C)C)N(C(=O)c1csnn1)c1ccccc1F. The Labute approximate surface area is 176 Å². The summed E-state index contributed by atoms with van der Waals surface area (Å²) in [6.07, 6.45) is 0. The number of anilines is 1. The Morgan fingerprint density at radius 1 is 1.21 bits per heavy atom. The van der Waals surface area contributed by atoms with Crippen LogP contribution in [-0.2, 0) is 4.79 Å². The Bertz CT molecular complexity index is 1010. The number of carbonyl (C=O) groups excluding carboxylic acids is 2. The summed E-state index contributed by atoms with van der Waals surface area (Å²) in [6.45, 7) is 7.41. The number of benzene rings is 1. The third-order valence-corrected chi connectivity index (χ3v) is 5.64. The van der Waals surface area contributed by atoms with Gasteiger partial charge < -0.3 is 5.32 Å². The molecule has 0 bridgehead atoms. The van der Waals surface area contributed by atoms with Gasteiger partial charge in [-0.15, -0.1) is 16.4 Å². The van der Waals surface area contributed by atoms with Gasteiger partial charge in [-0.2, -0.15) is 0 Å². The smallest absolute Gasteiger partial charge is 0.280 e. The first kappa shape index (κ1) is 21.1. The summed E-state index contributed by atoms with van der Waals surface area (Å²) in [6, 6.07) is 6.71. The monoisotopic (exact) mass is 432 g/mol. The Morgan fingerprint density at radius 3 is 2.48 bits per heavy atom. The highest BCUT2D eigenvalue weighted by Crippen LogP contribution is 2.35. The van der Waals surface area contributed by atoms with E-state index in [1.807, 2.05) is 39.1 Å². The molecule has 0 saturated carbocycles. The molecule has 2 amide bonds. The third kappa shape index (κ3) is 4.68. The Kier molecular flexibility index (Phi) is 6.09. The van der Waals surface area contributed by atoms with Crippen LogP contribution in [0.3, 0.4) is 0 Å². The van der Waals surface area contributed by atoms with E-state index in [0.717, 1.165) is 17.1 Å². The van der Waals surface area contributed by atoms with E-state index in [4.69, 9.17) is 0 Å². The predicted octanol–water partition coefficient (Wildman–Crippen LogP) is 4.35. The lowest BCUT2D eigenvalue weighted by atomic mass is 10.0. The molecular weight excluding hydrogens is 411 g/mol. The highest BCUT2D eigenvalue weighted by molar-refractivity contribution is 7.10. The van der Waals surface area contributed by atoms with Crippen molar-refractivity contribution in [3.05, 3.63) is 63.0 Å². The molecule has 0 aliphatic heterocycles. The van der Waals surface area contributed by atoms with Gasteiger partial charge in [0.15, 0.2) is 11.7 Å². The summed E-state index contributed by atoms with van der Waals surface area (Å²) in [5, 5.41) is 10.1. The maximum atomic E-state index is 14.8. The second kappa shape index (κ2) is 8.38. The maximum absolute atomic E-state index is 14.8. The van der Waals surface area contributed by atoms with Crippen molar-refractivity contribution in [3.8, 4) is 0 Å². The van der Waals surface area contributed by atoms with E-state index >= 15 is 0 Å². The van der Waals surface area contributed by atoms with Crippen molar-refractivity contribution in [1.29, 1.82) is 0 Å². The van der Waals surface area contributed by atoms with Gasteiger partial charge in [0.2, 0.25) is 5.91 Å². The van der Waals surface area contributed by atoms with Crippen molar-refractivity contribution in [2.24, 2.45) is 0 Å². The van der Waals surface area contributed by atoms with Gasteiger partial charge in [0.25, 0.3) is 5.91 Å². The van der Waals surface area contributed by atoms with Crippen molar-refractivity contribution in [2.75, 3.05) is 4.90 Å². The number of para-hydroxylation sites is 1. The fourth-order valence-corrected chi connectivity index (χ4v) is 4.29. The van der Waals surface area contributed by atoms with Gasteiger partial charge in [0.1, 0.15) is 5.82 Å². The lowest BCUT2D eigenvalue weighted by molar-refractivity contribution is -0.123. The fraction of sp³-hybridized carbons (Fsp3) is 0.300. The number of aryl methyl sites for hydroxylation is 1. The van der Waals surface area contributed by atoms with Crippen molar-refractivity contribution in [3.63, 3.8) is 0 Å². The number of rotatable bonds is 5. The van der Waals surface area contributed by atoms with E-state index in [0.29, 0.717) is 4.88 Å². The summed E-state index contributed by atoms with van der Waals surface area (Å²) in [5.41, 5.74) is 0.370. The molecule has 2 heterocycles. The topological polar surface area (TPSA) is 75.2 Å². The average Bonchev–Trinajstić information content (AvgIpc) is 3.30. The number of thiophene rings is 1. The van der Waals surface area contributed by atoms with Crippen molar-refractivity contribution < 1.29 is 14.0 Å². The quantitative estimate of drug-likeness (QED) is 0.650. The largest absolute Gasteiger partial charge is 0.349 e. The van der Waals surface area contributed by atoms with Crippen LogP contribution in [0.1, 0.15) is 47.7 Å². The first-order chi connectivity index (χ1) is 13.7. The summed E-state index contributed by atoms with van der Waals surface area (Å²) in [7, 11) is 0. The molecule has 0 radical (unpaired) electrons. The van der Waals surface area contributed by atoms with E-state index in [1.165, 1.54) is 39.8 Å². The molecule has 1 atom stereocenters. The van der Waals surface area contributed by atoms with Crippen LogP contribution in [0.15, 0.2) is 41.1 Å². The van der Waals surface area contributed by atoms with Crippen LogP contribution in [0.4, 0.5) is 10.1 Å². The Balaban J connectivity index is 2.20. The summed E-state index contributed by atoms with van der Waals surface area (Å²) >= 11 is 2.36. The zero-order valence-electron chi connectivity index (χ0n) is 16.5. The van der Waals surface area contributed by atoms with E-state index in [1.54, 1.807) is 6.07 Å². The second-order valence-electron chi connectivity index (χ2n) is 7.53. The summed E-state index contributed by atoms with van der Waals surface area (Å²) in [5.74, 6) is -1.60. The van der Waals surface area contributed by atoms with E-state index < -0.39 is 29.2 Å². The van der Waals surface area contributed by atoms with Gasteiger partial charge in [-0.25, -0.2) is 4.39 Å². The Hall–Kier alpha value is -2.65. The molecule has 0 fully saturated rings. The number of halogens is 1. The van der Waals surface area contributed by atoms with Gasteiger partial charge in [-0.1, -0.05) is 16.6 Å². The number of hydrogen-bond donors (Lipinski definition) is 1. The lowest BCUT2D eigenvalue weighted by Gasteiger charge is -2.33. The van der Waals surface area contributed by atoms with Gasteiger partial charge in [0.05, 0.1) is 5.69 Å². The van der Waals surface area contributed by atoms with Crippen LogP contribution in [0.5, 0.6) is 0 Å². The normalized spacial score (nSPS) is 12.4. The van der Waals surface area contributed by atoms with E-state index in [2.05, 4.69) is 14.9 Å². The molecule has 6 nitrogen and oxygen atoms in total. The van der Waals surface area contributed by atoms with Crippen molar-refractivity contribution >= 4 is 40.4 Å². The van der Waals surface area contributed by atoms with Crippen LogP contribution in [0.2, 0.25) is 0 Å². The number of hydrogen-bond acceptors (Lipinski definition) is 6. The highest BCUT2D eigenvalue weighted by Gasteiger charge is 2.38. The number of nitrogens with zero attached hydrogens (tertiary/aromatic N) is 3. The minimum atomic E-state index is -1.06. The number of aromatic nitrogens is 2. The highest BCUT2D eigenvalue weighted by atomic mass is 32.1. The van der Waals surface area contributed by atoms with Crippen LogP contribution in [0.25, 0.3) is 0 Å². The molecular formula is C20H21FN4O2S2. The molecule has 0 aliphatic rings. The first-order valence-electron chi connectivity index (χ1n) is 8.90. The van der Waals surface area contributed by atoms with Crippen LogP contribution in [-0.4, -0.2) is 26.9 Å². The second-order valence-corrected chi connectivity index (χ2v) is 9.08. The standard InChI is InChI=1S/C20H21FN4O2S2/c1-12-9-10-28-17(12)16(18(26)22-20(2,3)4)25(15-8-6-5-7-13(15)21)19(27)14-11-29-24-23-14/h5-11,16H,1-4H3,(H,22,26).